The number of nitrogens with one attached hydrogen (secondary N) is 1. The van der Waals surface area contributed by atoms with E-state index in [1.54, 1.807) is 6.92 Å². The molecule has 0 spiro atoms. The third kappa shape index (κ3) is 3.80. The van der Waals surface area contributed by atoms with Crippen molar-refractivity contribution >= 4 is 23.4 Å². The van der Waals surface area contributed by atoms with Crippen LogP contribution in [0.3, 0.4) is 0 Å². The molecule has 7 nitrogen and oxygen atoms in total. The van der Waals surface area contributed by atoms with Gasteiger partial charge in [-0.25, -0.2) is 9.59 Å². The van der Waals surface area contributed by atoms with E-state index in [1.165, 1.54) is 7.11 Å². The molecule has 0 bridgehead atoms. The molecule has 0 aromatic carbocycles. The Hall–Kier alpha value is -1.92. The second-order valence-corrected chi connectivity index (χ2v) is 4.84. The van der Waals surface area contributed by atoms with Crippen LogP contribution in [0.5, 0.6) is 0 Å². The van der Waals surface area contributed by atoms with Crippen LogP contribution in [0, 0.1) is 0 Å². The molecule has 0 amide bonds. The second-order valence-electron chi connectivity index (χ2n) is 4.84. The Morgan fingerprint density at radius 2 is 2.00 bits per heavy atom. The number of esters is 2. The molecule has 1 heterocycles. The summed E-state index contributed by atoms with van der Waals surface area (Å²) in [4.78, 5) is 36.1. The van der Waals surface area contributed by atoms with Crippen LogP contribution in [-0.4, -0.2) is 42.7 Å². The molecule has 118 valence electrons. The first-order valence-corrected chi connectivity index (χ1v) is 7.14. The van der Waals surface area contributed by atoms with Gasteiger partial charge < -0.3 is 9.47 Å². The summed E-state index contributed by atoms with van der Waals surface area (Å²) in [6, 6.07) is 0. The van der Waals surface area contributed by atoms with E-state index in [2.05, 4.69) is 10.5 Å². The first-order valence-electron chi connectivity index (χ1n) is 7.14. The van der Waals surface area contributed by atoms with E-state index in [0.29, 0.717) is 6.42 Å². The molecular formula is C14H22N2O5. The molecule has 7 heteroatoms. The maximum Gasteiger partial charge on any atom is 0.354 e. The highest BCUT2D eigenvalue weighted by Crippen LogP contribution is 2.24. The number of hydrogen-bond donors (Lipinski definition) is 1. The van der Waals surface area contributed by atoms with Gasteiger partial charge in [0.05, 0.1) is 13.7 Å². The SMILES string of the molecule is CCCCCC(=O)C1(C(=O)OC)CC(C(=O)OCC)=NN1. The molecule has 0 aromatic rings. The minimum atomic E-state index is -1.59. The number of ketones is 1. The van der Waals surface area contributed by atoms with E-state index in [-0.39, 0.29) is 30.9 Å². The Labute approximate surface area is 124 Å². The number of hydrazone groups is 1. The van der Waals surface area contributed by atoms with Crippen LogP contribution in [-0.2, 0) is 23.9 Å². The predicted molar refractivity (Wildman–Crippen MR) is 75.7 cm³/mol. The molecule has 0 aliphatic carbocycles. The Kier molecular flexibility index (Phi) is 6.33. The molecule has 1 aliphatic rings. The summed E-state index contributed by atoms with van der Waals surface area (Å²) < 4.78 is 9.54. The summed E-state index contributed by atoms with van der Waals surface area (Å²) in [5, 5.41) is 3.80. The van der Waals surface area contributed by atoms with E-state index >= 15 is 0 Å². The number of methoxy groups -OCH3 is 1. The molecule has 0 saturated heterocycles. The van der Waals surface area contributed by atoms with Crippen LogP contribution in [0.1, 0.15) is 46.0 Å². The van der Waals surface area contributed by atoms with Crippen molar-refractivity contribution in [2.24, 2.45) is 5.10 Å². The number of carbonyl (C=O) groups is 3. The Balaban J connectivity index is 2.82. The molecule has 0 radical (unpaired) electrons. The van der Waals surface area contributed by atoms with Gasteiger partial charge in [0.1, 0.15) is 5.71 Å². The maximum absolute atomic E-state index is 12.4. The number of unbranched alkanes of at least 4 members (excludes halogenated alkanes) is 2. The summed E-state index contributed by atoms with van der Waals surface area (Å²) >= 11 is 0. The van der Waals surface area contributed by atoms with Gasteiger partial charge in [-0.2, -0.15) is 5.10 Å². The normalized spacial score (nSPS) is 20.4. The zero-order valence-electron chi connectivity index (χ0n) is 12.7. The first kappa shape index (κ1) is 17.1. The zero-order valence-corrected chi connectivity index (χ0v) is 12.7. The van der Waals surface area contributed by atoms with Crippen molar-refractivity contribution in [1.82, 2.24) is 5.43 Å². The van der Waals surface area contributed by atoms with Crippen molar-refractivity contribution in [2.45, 2.75) is 51.5 Å². The van der Waals surface area contributed by atoms with Crippen molar-refractivity contribution in [3.8, 4) is 0 Å². The Bertz CT molecular complexity index is 447. The zero-order chi connectivity index (χ0) is 15.9. The lowest BCUT2D eigenvalue weighted by atomic mass is 9.87. The van der Waals surface area contributed by atoms with E-state index < -0.39 is 17.5 Å². The standard InChI is InChI=1S/C14H22N2O5/c1-4-6-7-8-11(17)14(13(19)20-3)9-10(15-16-14)12(18)21-5-2/h16H,4-9H2,1-3H3. The number of rotatable bonds is 8. The summed E-state index contributed by atoms with van der Waals surface area (Å²) in [7, 11) is 1.20. The van der Waals surface area contributed by atoms with E-state index in [9.17, 15) is 14.4 Å². The minimum Gasteiger partial charge on any atom is -0.467 e. The topological polar surface area (TPSA) is 94.1 Å². The largest absolute Gasteiger partial charge is 0.467 e. The van der Waals surface area contributed by atoms with Gasteiger partial charge in [-0.15, -0.1) is 0 Å². The lowest BCUT2D eigenvalue weighted by Gasteiger charge is -2.24. The number of carbonyl (C=O) groups excluding carboxylic acids is 3. The summed E-state index contributed by atoms with van der Waals surface area (Å²) in [6.45, 7) is 3.90. The summed E-state index contributed by atoms with van der Waals surface area (Å²) in [6.07, 6.45) is 2.65. The highest BCUT2D eigenvalue weighted by Gasteiger charge is 2.51. The molecule has 1 atom stereocenters. The van der Waals surface area contributed by atoms with Gasteiger partial charge in [0.25, 0.3) is 0 Å². The van der Waals surface area contributed by atoms with Gasteiger partial charge in [0, 0.05) is 12.8 Å². The lowest BCUT2D eigenvalue weighted by molar-refractivity contribution is -0.152. The summed E-state index contributed by atoms with van der Waals surface area (Å²) in [5.41, 5.74) is 0.941. The molecule has 1 unspecified atom stereocenters. The van der Waals surface area contributed by atoms with E-state index in [1.807, 2.05) is 6.92 Å². The van der Waals surface area contributed by atoms with Crippen molar-refractivity contribution in [2.75, 3.05) is 13.7 Å². The van der Waals surface area contributed by atoms with Crippen LogP contribution in [0.2, 0.25) is 0 Å². The molecular weight excluding hydrogens is 276 g/mol. The first-order chi connectivity index (χ1) is 10.0. The van der Waals surface area contributed by atoms with Crippen molar-refractivity contribution in [3.05, 3.63) is 0 Å². The fourth-order valence-electron chi connectivity index (χ4n) is 2.14. The highest BCUT2D eigenvalue weighted by atomic mass is 16.5. The fraction of sp³-hybridized carbons (Fsp3) is 0.714. The quantitative estimate of drug-likeness (QED) is 0.407. The van der Waals surface area contributed by atoms with E-state index in [0.717, 1.165) is 12.8 Å². The highest BCUT2D eigenvalue weighted by molar-refractivity contribution is 6.39. The fourth-order valence-corrected chi connectivity index (χ4v) is 2.14. The Morgan fingerprint density at radius 1 is 1.29 bits per heavy atom. The average molecular weight is 298 g/mol. The van der Waals surface area contributed by atoms with Gasteiger partial charge in [-0.1, -0.05) is 19.8 Å². The van der Waals surface area contributed by atoms with Crippen LogP contribution >= 0.6 is 0 Å². The van der Waals surface area contributed by atoms with Crippen LogP contribution in [0.25, 0.3) is 0 Å². The third-order valence-electron chi connectivity index (χ3n) is 3.34. The minimum absolute atomic E-state index is 0.0334. The van der Waals surface area contributed by atoms with Gasteiger partial charge in [-0.3, -0.25) is 10.2 Å². The third-order valence-corrected chi connectivity index (χ3v) is 3.34. The van der Waals surface area contributed by atoms with Gasteiger partial charge in [0.15, 0.2) is 5.78 Å². The van der Waals surface area contributed by atoms with Crippen LogP contribution in [0.4, 0.5) is 0 Å². The molecule has 0 aromatic heterocycles. The predicted octanol–water partition coefficient (Wildman–Crippen LogP) is 0.960. The lowest BCUT2D eigenvalue weighted by Crippen LogP contribution is -2.55. The molecule has 1 rings (SSSR count). The van der Waals surface area contributed by atoms with Crippen LogP contribution < -0.4 is 5.43 Å². The van der Waals surface area contributed by atoms with Gasteiger partial charge in [0.2, 0.25) is 5.54 Å². The number of ether oxygens (including phenoxy) is 2. The van der Waals surface area contributed by atoms with Gasteiger partial charge >= 0.3 is 11.9 Å². The number of Topliss-reactive ketones (excluding diaryl/α,β-unsaturated/α-hetero) is 1. The molecule has 21 heavy (non-hydrogen) atoms. The maximum atomic E-state index is 12.4. The van der Waals surface area contributed by atoms with Crippen molar-refractivity contribution < 1.29 is 23.9 Å². The van der Waals surface area contributed by atoms with E-state index in [4.69, 9.17) is 9.47 Å². The van der Waals surface area contributed by atoms with Crippen molar-refractivity contribution in [3.63, 3.8) is 0 Å². The Morgan fingerprint density at radius 3 is 2.57 bits per heavy atom. The van der Waals surface area contributed by atoms with Crippen molar-refractivity contribution in [1.29, 1.82) is 0 Å². The van der Waals surface area contributed by atoms with Crippen LogP contribution in [0.15, 0.2) is 5.10 Å². The second kappa shape index (κ2) is 7.75. The smallest absolute Gasteiger partial charge is 0.354 e. The van der Waals surface area contributed by atoms with Gasteiger partial charge in [-0.05, 0) is 13.3 Å². The number of nitrogens with zero attached hydrogens (tertiary/aromatic N) is 1. The summed E-state index contributed by atoms with van der Waals surface area (Å²) in [5.74, 6) is -1.67. The molecule has 0 saturated carbocycles. The average Bonchev–Trinajstić information content (AvgIpc) is 2.93. The molecule has 1 aliphatic heterocycles. The molecule has 1 N–H and O–H groups in total. The molecule has 0 fully saturated rings. The number of hydrogen-bond acceptors (Lipinski definition) is 7. The monoisotopic (exact) mass is 298 g/mol.